The SMILES string of the molecule is CCCCNC(N)=NCc1ccc(N2CCC(C)CC2)cc1. The van der Waals surface area contributed by atoms with Crippen LogP contribution in [-0.4, -0.2) is 25.6 Å². The summed E-state index contributed by atoms with van der Waals surface area (Å²) in [5, 5.41) is 3.14. The van der Waals surface area contributed by atoms with Gasteiger partial charge in [0.2, 0.25) is 0 Å². The molecule has 1 aliphatic heterocycles. The molecule has 4 nitrogen and oxygen atoms in total. The first kappa shape index (κ1) is 16.7. The van der Waals surface area contributed by atoms with Crippen molar-refractivity contribution in [1.29, 1.82) is 0 Å². The van der Waals surface area contributed by atoms with Gasteiger partial charge in [0.15, 0.2) is 5.96 Å². The molecule has 22 heavy (non-hydrogen) atoms. The van der Waals surface area contributed by atoms with E-state index in [2.05, 4.69) is 53.3 Å². The van der Waals surface area contributed by atoms with E-state index in [-0.39, 0.29) is 0 Å². The Labute approximate surface area is 134 Å². The van der Waals surface area contributed by atoms with Crippen molar-refractivity contribution >= 4 is 11.6 Å². The number of nitrogens with zero attached hydrogens (tertiary/aromatic N) is 2. The fourth-order valence-corrected chi connectivity index (χ4v) is 2.70. The van der Waals surface area contributed by atoms with Gasteiger partial charge in [-0.15, -0.1) is 0 Å². The van der Waals surface area contributed by atoms with E-state index in [1.165, 1.54) is 37.2 Å². The Kier molecular flexibility index (Phi) is 6.56. The van der Waals surface area contributed by atoms with Gasteiger partial charge in [-0.3, -0.25) is 0 Å². The molecule has 0 atom stereocenters. The van der Waals surface area contributed by atoms with Crippen LogP contribution in [0.3, 0.4) is 0 Å². The standard InChI is InChI=1S/C18H30N4/c1-3-4-11-20-18(19)21-14-16-5-7-17(8-6-16)22-12-9-15(2)10-13-22/h5-8,15H,3-4,9-14H2,1-2H3,(H3,19,20,21). The number of nitrogens with two attached hydrogens (primary N) is 1. The zero-order valence-corrected chi connectivity index (χ0v) is 14.0. The van der Waals surface area contributed by atoms with Crippen LogP contribution < -0.4 is 16.0 Å². The highest BCUT2D eigenvalue weighted by Crippen LogP contribution is 2.23. The minimum absolute atomic E-state index is 0.544. The Morgan fingerprint density at radius 3 is 2.59 bits per heavy atom. The van der Waals surface area contributed by atoms with Crippen molar-refractivity contribution in [2.45, 2.75) is 46.1 Å². The van der Waals surface area contributed by atoms with Crippen LogP contribution >= 0.6 is 0 Å². The number of nitrogens with one attached hydrogen (secondary N) is 1. The van der Waals surface area contributed by atoms with Gasteiger partial charge in [0.1, 0.15) is 0 Å². The molecule has 4 heteroatoms. The molecule has 1 saturated heterocycles. The van der Waals surface area contributed by atoms with Crippen molar-refractivity contribution in [2.24, 2.45) is 16.6 Å². The number of benzene rings is 1. The summed E-state index contributed by atoms with van der Waals surface area (Å²) in [6.07, 6.45) is 4.88. The lowest BCUT2D eigenvalue weighted by Gasteiger charge is -2.32. The molecule has 0 bridgehead atoms. The summed E-state index contributed by atoms with van der Waals surface area (Å²) in [6, 6.07) is 8.75. The fourth-order valence-electron chi connectivity index (χ4n) is 2.70. The lowest BCUT2D eigenvalue weighted by Crippen LogP contribution is -2.32. The summed E-state index contributed by atoms with van der Waals surface area (Å²) in [7, 11) is 0. The van der Waals surface area contributed by atoms with E-state index in [4.69, 9.17) is 5.73 Å². The molecule has 0 saturated carbocycles. The third kappa shape index (κ3) is 5.24. The van der Waals surface area contributed by atoms with E-state index in [0.29, 0.717) is 12.5 Å². The van der Waals surface area contributed by atoms with Crippen LogP contribution in [0.5, 0.6) is 0 Å². The Balaban J connectivity index is 1.82. The molecule has 2 rings (SSSR count). The predicted molar refractivity (Wildman–Crippen MR) is 95.3 cm³/mol. The summed E-state index contributed by atoms with van der Waals surface area (Å²) in [5.74, 6) is 1.41. The number of rotatable bonds is 6. The molecule has 122 valence electrons. The van der Waals surface area contributed by atoms with Crippen LogP contribution in [0.1, 0.15) is 45.1 Å². The van der Waals surface area contributed by atoms with Gasteiger partial charge in [0, 0.05) is 25.3 Å². The maximum atomic E-state index is 5.85. The Hall–Kier alpha value is -1.71. The van der Waals surface area contributed by atoms with Crippen molar-refractivity contribution in [3.05, 3.63) is 29.8 Å². The molecule has 1 aromatic carbocycles. The average Bonchev–Trinajstić information content (AvgIpc) is 2.54. The third-order valence-corrected chi connectivity index (χ3v) is 4.35. The monoisotopic (exact) mass is 302 g/mol. The molecule has 0 amide bonds. The Morgan fingerprint density at radius 1 is 1.27 bits per heavy atom. The van der Waals surface area contributed by atoms with Crippen molar-refractivity contribution in [3.8, 4) is 0 Å². The summed E-state index contributed by atoms with van der Waals surface area (Å²) in [5.41, 5.74) is 8.38. The summed E-state index contributed by atoms with van der Waals surface area (Å²) in [4.78, 5) is 6.87. The van der Waals surface area contributed by atoms with E-state index in [9.17, 15) is 0 Å². The van der Waals surface area contributed by atoms with Crippen molar-refractivity contribution in [2.75, 3.05) is 24.5 Å². The van der Waals surface area contributed by atoms with Crippen LogP contribution in [0.2, 0.25) is 0 Å². The Morgan fingerprint density at radius 2 is 1.95 bits per heavy atom. The topological polar surface area (TPSA) is 53.6 Å². The zero-order valence-electron chi connectivity index (χ0n) is 14.0. The van der Waals surface area contributed by atoms with E-state index >= 15 is 0 Å². The van der Waals surface area contributed by atoms with Crippen LogP contribution in [0.4, 0.5) is 5.69 Å². The molecule has 1 aliphatic rings. The molecule has 0 radical (unpaired) electrons. The quantitative estimate of drug-likeness (QED) is 0.482. The molecule has 3 N–H and O–H groups in total. The number of piperidine rings is 1. The summed E-state index contributed by atoms with van der Waals surface area (Å²) in [6.45, 7) is 8.40. The number of guanidine groups is 1. The summed E-state index contributed by atoms with van der Waals surface area (Å²) >= 11 is 0. The molecule has 1 heterocycles. The third-order valence-electron chi connectivity index (χ3n) is 4.35. The molecular formula is C18H30N4. The summed E-state index contributed by atoms with van der Waals surface area (Å²) < 4.78 is 0. The number of unbranched alkanes of at least 4 members (excludes halogenated alkanes) is 1. The van der Waals surface area contributed by atoms with Crippen molar-refractivity contribution in [3.63, 3.8) is 0 Å². The predicted octanol–water partition coefficient (Wildman–Crippen LogP) is 3.13. The van der Waals surface area contributed by atoms with Gasteiger partial charge in [-0.1, -0.05) is 32.4 Å². The molecule has 0 unspecified atom stereocenters. The lowest BCUT2D eigenvalue weighted by atomic mass is 9.99. The molecular weight excluding hydrogens is 272 g/mol. The number of aliphatic imine (C=N–C) groups is 1. The first-order chi connectivity index (χ1) is 10.7. The average molecular weight is 302 g/mol. The fraction of sp³-hybridized carbons (Fsp3) is 0.611. The second-order valence-corrected chi connectivity index (χ2v) is 6.32. The smallest absolute Gasteiger partial charge is 0.188 e. The van der Waals surface area contributed by atoms with Crippen molar-refractivity contribution < 1.29 is 0 Å². The molecule has 1 aromatic rings. The Bertz CT molecular complexity index is 458. The molecule has 0 aliphatic carbocycles. The number of hydrogen-bond donors (Lipinski definition) is 2. The second kappa shape index (κ2) is 8.66. The van der Waals surface area contributed by atoms with Crippen LogP contribution in [0, 0.1) is 5.92 Å². The van der Waals surface area contributed by atoms with Gasteiger partial charge in [0.05, 0.1) is 6.54 Å². The van der Waals surface area contributed by atoms with Gasteiger partial charge in [-0.2, -0.15) is 0 Å². The van der Waals surface area contributed by atoms with Gasteiger partial charge in [-0.25, -0.2) is 4.99 Å². The highest BCUT2D eigenvalue weighted by Gasteiger charge is 2.15. The second-order valence-electron chi connectivity index (χ2n) is 6.32. The van der Waals surface area contributed by atoms with E-state index in [1.54, 1.807) is 0 Å². The lowest BCUT2D eigenvalue weighted by molar-refractivity contribution is 0.438. The van der Waals surface area contributed by atoms with Gasteiger partial charge in [-0.05, 0) is 42.9 Å². The maximum absolute atomic E-state index is 5.85. The zero-order chi connectivity index (χ0) is 15.8. The van der Waals surface area contributed by atoms with E-state index in [0.717, 1.165) is 25.3 Å². The molecule has 1 fully saturated rings. The van der Waals surface area contributed by atoms with E-state index in [1.807, 2.05) is 0 Å². The number of hydrogen-bond acceptors (Lipinski definition) is 2. The number of anilines is 1. The first-order valence-electron chi connectivity index (χ1n) is 8.56. The largest absolute Gasteiger partial charge is 0.372 e. The van der Waals surface area contributed by atoms with Crippen LogP contribution in [0.15, 0.2) is 29.3 Å². The van der Waals surface area contributed by atoms with Gasteiger partial charge < -0.3 is 16.0 Å². The molecule has 0 spiro atoms. The highest BCUT2D eigenvalue weighted by molar-refractivity contribution is 5.77. The maximum Gasteiger partial charge on any atom is 0.188 e. The van der Waals surface area contributed by atoms with Crippen LogP contribution in [0.25, 0.3) is 0 Å². The molecule has 0 aromatic heterocycles. The van der Waals surface area contributed by atoms with Gasteiger partial charge >= 0.3 is 0 Å². The normalized spacial score (nSPS) is 16.8. The minimum atomic E-state index is 0.544. The van der Waals surface area contributed by atoms with E-state index < -0.39 is 0 Å². The minimum Gasteiger partial charge on any atom is -0.372 e. The van der Waals surface area contributed by atoms with Crippen molar-refractivity contribution in [1.82, 2.24) is 5.32 Å². The van der Waals surface area contributed by atoms with Gasteiger partial charge in [0.25, 0.3) is 0 Å². The highest BCUT2D eigenvalue weighted by atomic mass is 15.1. The van der Waals surface area contributed by atoms with Crippen LogP contribution in [-0.2, 0) is 6.54 Å². The first-order valence-corrected chi connectivity index (χ1v) is 8.56.